The van der Waals surface area contributed by atoms with Crippen LogP contribution >= 0.6 is 7.82 Å². The van der Waals surface area contributed by atoms with Gasteiger partial charge >= 0.3 is 19.5 Å². The third-order valence-corrected chi connectivity index (χ3v) is 8.08. The number of aliphatic hydroxyl groups excluding tert-OH is 2. The first-order valence-corrected chi connectivity index (χ1v) is 13.1. The third kappa shape index (κ3) is 4.91. The molecule has 1 aromatic rings. The highest BCUT2D eigenvalue weighted by atomic mass is 31.2. The number of imide groups is 1. The normalized spacial score (nSPS) is 40.4. The molecule has 4 aliphatic heterocycles. The lowest BCUT2D eigenvalue weighted by Crippen LogP contribution is -2.62. The topological polar surface area (TPSA) is 219 Å². The van der Waals surface area contributed by atoms with Gasteiger partial charge in [-0.1, -0.05) is 0 Å². The summed E-state index contributed by atoms with van der Waals surface area (Å²) in [5.74, 6) is -0.658. The van der Waals surface area contributed by atoms with E-state index in [2.05, 4.69) is 10.3 Å². The molecular formula is C20H27N4O12P. The number of H-pyrrole nitrogens is 1. The van der Waals surface area contributed by atoms with Gasteiger partial charge in [0.05, 0.1) is 24.7 Å². The van der Waals surface area contributed by atoms with E-state index in [1.807, 2.05) is 0 Å². The van der Waals surface area contributed by atoms with Crippen LogP contribution in [0.4, 0.5) is 4.79 Å². The van der Waals surface area contributed by atoms with E-state index >= 15 is 0 Å². The van der Waals surface area contributed by atoms with Gasteiger partial charge < -0.3 is 24.6 Å². The Balaban J connectivity index is 1.56. The molecule has 1 aromatic heterocycles. The van der Waals surface area contributed by atoms with Gasteiger partial charge in [-0.2, -0.15) is 0 Å². The number of nitrogens with zero attached hydrogens (tertiary/aromatic N) is 2. The van der Waals surface area contributed by atoms with Crippen molar-refractivity contribution >= 4 is 19.8 Å². The maximum Gasteiger partial charge on any atom is 0.472 e. The van der Waals surface area contributed by atoms with Gasteiger partial charge in [0.1, 0.15) is 30.8 Å². The molecule has 4 aliphatic rings. The molecule has 5 heterocycles. The number of hydrogen-bond donors (Lipinski definition) is 5. The summed E-state index contributed by atoms with van der Waals surface area (Å²) in [5.41, 5.74) is -2.85. The summed E-state index contributed by atoms with van der Waals surface area (Å²) in [6.07, 6.45) is -5.81. The van der Waals surface area contributed by atoms with Crippen molar-refractivity contribution < 1.29 is 47.8 Å². The minimum absolute atomic E-state index is 0.0512. The number of rotatable bonds is 1. The highest BCUT2D eigenvalue weighted by molar-refractivity contribution is 7.47. The predicted molar refractivity (Wildman–Crippen MR) is 119 cm³/mol. The van der Waals surface area contributed by atoms with Crippen LogP contribution in [0.2, 0.25) is 0 Å². The van der Waals surface area contributed by atoms with Crippen molar-refractivity contribution in [3.05, 3.63) is 32.6 Å². The Bertz CT molecular complexity index is 1270. The number of phosphoric acid groups is 1. The number of urea groups is 1. The number of aromatic amines is 1. The lowest BCUT2D eigenvalue weighted by Gasteiger charge is -2.41. The van der Waals surface area contributed by atoms with Crippen LogP contribution in [0, 0.1) is 5.41 Å². The Kier molecular flexibility index (Phi) is 6.65. The molecule has 8 atom stereocenters. The van der Waals surface area contributed by atoms with Crippen molar-refractivity contribution in [3.63, 3.8) is 0 Å². The summed E-state index contributed by atoms with van der Waals surface area (Å²) in [7, 11) is -4.76. The Hall–Kier alpha value is -2.43. The predicted octanol–water partition coefficient (Wildman–Crippen LogP) is -2.09. The minimum atomic E-state index is -4.76. The van der Waals surface area contributed by atoms with Crippen molar-refractivity contribution in [1.29, 1.82) is 0 Å². The lowest BCUT2D eigenvalue weighted by atomic mass is 9.81. The molecule has 3 saturated heterocycles. The fourth-order valence-corrected chi connectivity index (χ4v) is 6.03. The van der Waals surface area contributed by atoms with Gasteiger partial charge in [0.15, 0.2) is 0 Å². The zero-order chi connectivity index (χ0) is 26.7. The Morgan fingerprint density at radius 3 is 2.70 bits per heavy atom. The van der Waals surface area contributed by atoms with Crippen LogP contribution in [0.1, 0.15) is 31.6 Å². The SMILES string of the molecule is C[C@@]12Cc3cn(c(=O)[nH]c3=O)[C@H]3C[C@@H](O)[C@@H](COP(=O)(O)O[C@@H]4C[C@@H](O[C@@H]4CO)N(C1)C(=O)NC2=[18O])O3. The molecule has 0 radical (unpaired) electrons. The first-order valence-electron chi connectivity index (χ1n) is 11.6. The molecule has 8 bridgehead atoms. The highest BCUT2D eigenvalue weighted by Gasteiger charge is 2.50. The lowest BCUT2D eigenvalue weighted by molar-refractivity contribution is -0.136. The molecule has 0 saturated carbocycles. The van der Waals surface area contributed by atoms with E-state index in [1.54, 1.807) is 0 Å². The number of aromatic nitrogens is 2. The highest BCUT2D eigenvalue weighted by Crippen LogP contribution is 2.48. The molecule has 0 aliphatic carbocycles. The molecule has 5 rings (SSSR count). The molecule has 0 aromatic carbocycles. The van der Waals surface area contributed by atoms with Gasteiger partial charge in [0.2, 0.25) is 5.91 Å². The van der Waals surface area contributed by atoms with Crippen LogP contribution < -0.4 is 16.6 Å². The Labute approximate surface area is 208 Å². The van der Waals surface area contributed by atoms with Crippen LogP contribution in [-0.2, 0) is 34.3 Å². The molecular weight excluding hydrogens is 521 g/mol. The molecule has 3 amide bonds. The largest absolute Gasteiger partial charge is 0.472 e. The number of phosphoric ester groups is 1. The number of hydrogen-bond acceptors (Lipinski definition) is 11. The molecule has 16 nitrogen and oxygen atoms in total. The molecule has 3 fully saturated rings. The second kappa shape index (κ2) is 9.39. The average Bonchev–Trinajstić information content (AvgIpc) is 3.39. The van der Waals surface area contributed by atoms with E-state index in [9.17, 15) is 38.8 Å². The summed E-state index contributed by atoms with van der Waals surface area (Å²) < 4.78 is 35.3. The molecule has 1 unspecified atom stereocenters. The van der Waals surface area contributed by atoms with E-state index < -0.39 is 86.5 Å². The van der Waals surface area contributed by atoms with Gasteiger partial charge in [-0.05, 0) is 13.3 Å². The van der Waals surface area contributed by atoms with Gasteiger partial charge in [-0.25, -0.2) is 14.2 Å². The summed E-state index contributed by atoms with van der Waals surface area (Å²) in [5, 5.41) is 22.4. The first kappa shape index (κ1) is 26.2. The summed E-state index contributed by atoms with van der Waals surface area (Å²) in [4.78, 5) is 64.4. The summed E-state index contributed by atoms with van der Waals surface area (Å²) in [6, 6.07) is -0.787. The molecule has 0 spiro atoms. The fraction of sp³-hybridized carbons (Fsp3) is 0.700. The second-order valence-corrected chi connectivity index (χ2v) is 11.2. The van der Waals surface area contributed by atoms with E-state index in [0.717, 1.165) is 4.57 Å². The maximum absolute atomic E-state index is 12.9. The second-order valence-electron chi connectivity index (χ2n) is 9.83. The van der Waals surface area contributed by atoms with Crippen LogP contribution in [0.5, 0.6) is 0 Å². The zero-order valence-electron chi connectivity index (χ0n) is 19.6. The van der Waals surface area contributed by atoms with Crippen molar-refractivity contribution in [2.24, 2.45) is 5.41 Å². The Morgan fingerprint density at radius 2 is 1.97 bits per heavy atom. The van der Waals surface area contributed by atoms with E-state index in [4.69, 9.17) is 18.5 Å². The summed E-state index contributed by atoms with van der Waals surface area (Å²) in [6.45, 7) is 0.146. The number of carbonyl (C=O) groups is 2. The van der Waals surface area contributed by atoms with Gasteiger partial charge in [0.25, 0.3) is 5.56 Å². The monoisotopic (exact) mass is 548 g/mol. The number of amides is 3. The van der Waals surface area contributed by atoms with E-state index in [0.29, 0.717) is 0 Å². The van der Waals surface area contributed by atoms with Crippen LogP contribution in [0.15, 0.2) is 15.8 Å². The minimum Gasteiger partial charge on any atom is -0.394 e. The van der Waals surface area contributed by atoms with Crippen LogP contribution in [0.3, 0.4) is 0 Å². The van der Waals surface area contributed by atoms with Crippen LogP contribution in [0.25, 0.3) is 0 Å². The average molecular weight is 548 g/mol. The van der Waals surface area contributed by atoms with E-state index in [1.165, 1.54) is 18.0 Å². The number of ether oxygens (including phenoxy) is 2. The number of fused-ring (bicyclic) bond motifs is 10. The van der Waals surface area contributed by atoms with Crippen LogP contribution in [-0.4, -0.2) is 91.9 Å². The Morgan fingerprint density at radius 1 is 1.22 bits per heavy atom. The molecule has 204 valence electrons. The summed E-state index contributed by atoms with van der Waals surface area (Å²) >= 11 is 0. The molecule has 37 heavy (non-hydrogen) atoms. The van der Waals surface area contributed by atoms with Gasteiger partial charge in [0, 0.05) is 31.1 Å². The number of carbonyl (C=O) groups excluding carboxylic acids is 2. The van der Waals surface area contributed by atoms with Crippen molar-refractivity contribution in [2.45, 2.75) is 63.1 Å². The molecule has 5 N–H and O–H groups in total. The fourth-order valence-electron chi connectivity index (χ4n) is 5.07. The van der Waals surface area contributed by atoms with Crippen molar-refractivity contribution in [2.75, 3.05) is 19.8 Å². The smallest absolute Gasteiger partial charge is 0.394 e. The third-order valence-electron chi connectivity index (χ3n) is 7.06. The van der Waals surface area contributed by atoms with Crippen molar-refractivity contribution in [1.82, 2.24) is 19.8 Å². The van der Waals surface area contributed by atoms with Gasteiger partial charge in [-0.3, -0.25) is 38.4 Å². The molecule has 17 heteroatoms. The number of nitrogens with one attached hydrogen (secondary N) is 2. The zero-order valence-corrected chi connectivity index (χ0v) is 20.5. The van der Waals surface area contributed by atoms with Gasteiger partial charge in [-0.15, -0.1) is 0 Å². The maximum atomic E-state index is 12.9. The first-order chi connectivity index (χ1) is 17.4. The standard InChI is InChI=1S/C20H27N4O12P/c1-20-4-9-5-23(18(29)21-16(9)27)14-2-10(26)13(35-14)7-33-37(31,32)36-11-3-15(34-12(11)6-25)24(8-20)19(30)22-17(20)28/h5,10-15,25-26H,2-4,6-8H2,1H3,(H,31,32)(H,21,27,29)(H,22,28,30)/t10-,11-,12-,13-,14-,15-,20-/m1/s1/i28+2. The van der Waals surface area contributed by atoms with E-state index in [-0.39, 0.29) is 31.4 Å². The quantitative estimate of drug-likeness (QED) is 0.188. The number of aliphatic hydroxyl groups is 2. The van der Waals surface area contributed by atoms with Crippen molar-refractivity contribution in [3.8, 4) is 0 Å².